The first-order valence-corrected chi connectivity index (χ1v) is 7.57. The average molecular weight is 472 g/mol. The first-order valence-electron chi connectivity index (χ1n) is 7.57. The number of aromatic nitrogens is 1. The lowest BCUT2D eigenvalue weighted by molar-refractivity contribution is -0.139. The molecule has 1 heterocycles. The van der Waals surface area contributed by atoms with E-state index in [2.05, 4.69) is 21.9 Å². The number of rotatable bonds is 8. The van der Waals surface area contributed by atoms with E-state index in [1.165, 1.54) is 12.3 Å². The first kappa shape index (κ1) is 23.5. The number of nitrogens with zero attached hydrogens (tertiary/aromatic N) is 3. The number of alkyl halides is 3. The number of allylic oxidation sites excluding steroid dienone is 1. The fourth-order valence-corrected chi connectivity index (χ4v) is 2.00. The van der Waals surface area contributed by atoms with Crippen molar-refractivity contribution in [3.63, 3.8) is 0 Å². The molecule has 0 saturated carbocycles. The van der Waals surface area contributed by atoms with Gasteiger partial charge in [0.2, 0.25) is 5.88 Å². The maximum atomic E-state index is 12.8. The molecule has 142 valence electrons. The van der Waals surface area contributed by atoms with Gasteiger partial charge >= 0.3 is 6.18 Å². The summed E-state index contributed by atoms with van der Waals surface area (Å²) in [5.41, 5.74) is -0.879. The quantitative estimate of drug-likeness (QED) is 0.207. The topological polar surface area (TPSA) is 49.8 Å². The number of ether oxygens (including phenoxy) is 1. The molecule has 0 aliphatic rings. The highest BCUT2D eigenvalue weighted by molar-refractivity contribution is 14.0. The Bertz CT molecular complexity index is 552. The van der Waals surface area contributed by atoms with Crippen LogP contribution in [0, 0.1) is 0 Å². The van der Waals surface area contributed by atoms with E-state index >= 15 is 0 Å². The lowest BCUT2D eigenvalue weighted by atomic mass is 10.2. The van der Waals surface area contributed by atoms with Crippen LogP contribution in [-0.4, -0.2) is 49.6 Å². The molecule has 9 heteroatoms. The fourth-order valence-electron chi connectivity index (χ4n) is 2.00. The van der Waals surface area contributed by atoms with Crippen molar-refractivity contribution < 1.29 is 17.9 Å². The zero-order valence-corrected chi connectivity index (χ0v) is 16.7. The van der Waals surface area contributed by atoms with Crippen molar-refractivity contribution in [3.8, 4) is 5.88 Å². The highest BCUT2D eigenvalue weighted by Crippen LogP contribution is 2.34. The molecule has 0 spiro atoms. The first-order chi connectivity index (χ1) is 11.4. The van der Waals surface area contributed by atoms with Gasteiger partial charge < -0.3 is 15.0 Å². The lowest BCUT2D eigenvalue weighted by Gasteiger charge is -2.22. The van der Waals surface area contributed by atoms with Crippen LogP contribution in [0.15, 0.2) is 36.0 Å². The van der Waals surface area contributed by atoms with Crippen LogP contribution in [-0.2, 0) is 6.18 Å². The number of halogens is 4. The summed E-state index contributed by atoms with van der Waals surface area (Å²) >= 11 is 0. The summed E-state index contributed by atoms with van der Waals surface area (Å²) in [5.74, 6) is 0.237. The van der Waals surface area contributed by atoms with Crippen LogP contribution in [0.4, 0.5) is 13.2 Å². The largest absolute Gasteiger partial charge is 0.475 e. The van der Waals surface area contributed by atoms with Gasteiger partial charge in [-0.3, -0.25) is 4.99 Å². The Hall–Kier alpha value is -1.52. The van der Waals surface area contributed by atoms with Crippen molar-refractivity contribution in [1.82, 2.24) is 15.2 Å². The molecule has 5 nitrogen and oxygen atoms in total. The van der Waals surface area contributed by atoms with Crippen LogP contribution < -0.4 is 10.1 Å². The molecule has 0 radical (unpaired) electrons. The second kappa shape index (κ2) is 11.9. The summed E-state index contributed by atoms with van der Waals surface area (Å²) in [6.45, 7) is 4.82. The molecule has 0 unspecified atom stereocenters. The van der Waals surface area contributed by atoms with Crippen LogP contribution in [0.2, 0.25) is 0 Å². The van der Waals surface area contributed by atoms with Gasteiger partial charge in [-0.05, 0) is 25.0 Å². The average Bonchev–Trinajstić information content (AvgIpc) is 2.54. The van der Waals surface area contributed by atoms with Gasteiger partial charge in [-0.2, -0.15) is 13.2 Å². The SMILES string of the molecule is C=CCCCN(C)C(=NC)NCCOc1ncccc1C(F)(F)F.I. The van der Waals surface area contributed by atoms with E-state index in [1.807, 2.05) is 18.0 Å². The predicted octanol–water partition coefficient (Wildman–Crippen LogP) is 3.57. The van der Waals surface area contributed by atoms with E-state index in [4.69, 9.17) is 4.74 Å². The predicted molar refractivity (Wildman–Crippen MR) is 104 cm³/mol. The number of guanidine groups is 1. The van der Waals surface area contributed by atoms with Crippen molar-refractivity contribution in [2.45, 2.75) is 19.0 Å². The molecular formula is C16H24F3IN4O. The molecule has 1 aromatic rings. The third kappa shape index (κ3) is 8.41. The maximum Gasteiger partial charge on any atom is 0.421 e. The molecule has 0 saturated heterocycles. The highest BCUT2D eigenvalue weighted by atomic mass is 127. The second-order valence-corrected chi connectivity index (χ2v) is 5.03. The van der Waals surface area contributed by atoms with Crippen molar-refractivity contribution in [3.05, 3.63) is 36.5 Å². The van der Waals surface area contributed by atoms with Crippen molar-refractivity contribution in [2.24, 2.45) is 4.99 Å². The molecular weight excluding hydrogens is 448 g/mol. The number of hydrogen-bond donors (Lipinski definition) is 1. The molecule has 0 bridgehead atoms. The van der Waals surface area contributed by atoms with Crippen LogP contribution in [0.1, 0.15) is 18.4 Å². The smallest absolute Gasteiger partial charge is 0.421 e. The van der Waals surface area contributed by atoms with E-state index in [-0.39, 0.29) is 30.6 Å². The zero-order chi connectivity index (χ0) is 18.0. The Morgan fingerprint density at radius 3 is 2.80 bits per heavy atom. The van der Waals surface area contributed by atoms with Crippen LogP contribution in [0.5, 0.6) is 5.88 Å². The van der Waals surface area contributed by atoms with E-state index in [0.29, 0.717) is 12.5 Å². The standard InChI is InChI=1S/C16H23F3N4O.HI/c1-4-5-6-11-23(3)15(20-2)22-10-12-24-14-13(16(17,18)19)8-7-9-21-14;/h4,7-9H,1,5-6,10-12H2,2-3H3,(H,20,22);1H. The third-order valence-electron chi connectivity index (χ3n) is 3.18. The number of pyridine rings is 1. The summed E-state index contributed by atoms with van der Waals surface area (Å²) in [6, 6.07) is 2.18. The van der Waals surface area contributed by atoms with E-state index in [1.54, 1.807) is 7.05 Å². The van der Waals surface area contributed by atoms with Gasteiger partial charge in [0, 0.05) is 26.8 Å². The van der Waals surface area contributed by atoms with Gasteiger partial charge in [-0.25, -0.2) is 4.98 Å². The van der Waals surface area contributed by atoms with Gasteiger partial charge in [0.05, 0.1) is 6.54 Å². The van der Waals surface area contributed by atoms with Crippen molar-refractivity contribution in [1.29, 1.82) is 0 Å². The molecule has 1 rings (SSSR count). The summed E-state index contributed by atoms with van der Waals surface area (Å²) in [4.78, 5) is 9.71. The van der Waals surface area contributed by atoms with Gasteiger partial charge in [-0.1, -0.05) is 6.08 Å². The van der Waals surface area contributed by atoms with E-state index in [0.717, 1.165) is 25.5 Å². The van der Waals surface area contributed by atoms with Gasteiger partial charge in [0.25, 0.3) is 0 Å². The Morgan fingerprint density at radius 1 is 1.48 bits per heavy atom. The van der Waals surface area contributed by atoms with Crippen molar-refractivity contribution in [2.75, 3.05) is 33.8 Å². The minimum atomic E-state index is -4.49. The minimum absolute atomic E-state index is 0. The minimum Gasteiger partial charge on any atom is -0.475 e. The molecule has 0 aliphatic carbocycles. The summed E-state index contributed by atoms with van der Waals surface area (Å²) in [7, 11) is 3.54. The summed E-state index contributed by atoms with van der Waals surface area (Å²) < 4.78 is 43.6. The number of unbranched alkanes of at least 4 members (excludes halogenated alkanes) is 1. The number of aliphatic imine (C=N–C) groups is 1. The zero-order valence-electron chi connectivity index (χ0n) is 14.3. The van der Waals surface area contributed by atoms with Crippen LogP contribution in [0.3, 0.4) is 0 Å². The number of nitrogens with one attached hydrogen (secondary N) is 1. The molecule has 1 aromatic heterocycles. The Balaban J connectivity index is 0.00000576. The molecule has 25 heavy (non-hydrogen) atoms. The van der Waals surface area contributed by atoms with Crippen molar-refractivity contribution >= 4 is 29.9 Å². The van der Waals surface area contributed by atoms with E-state index < -0.39 is 17.6 Å². The normalized spacial score (nSPS) is 11.5. The second-order valence-electron chi connectivity index (χ2n) is 5.03. The fraction of sp³-hybridized carbons (Fsp3) is 0.500. The summed E-state index contributed by atoms with van der Waals surface area (Å²) in [5, 5.41) is 3.04. The van der Waals surface area contributed by atoms with Gasteiger partial charge in [0.15, 0.2) is 5.96 Å². The van der Waals surface area contributed by atoms with Gasteiger partial charge in [0.1, 0.15) is 12.2 Å². The molecule has 0 amide bonds. The Kier molecular flexibility index (Phi) is 11.2. The van der Waals surface area contributed by atoms with Crippen LogP contribution in [0.25, 0.3) is 0 Å². The molecule has 0 fully saturated rings. The third-order valence-corrected chi connectivity index (χ3v) is 3.18. The van der Waals surface area contributed by atoms with Gasteiger partial charge in [-0.15, -0.1) is 30.6 Å². The van der Waals surface area contributed by atoms with E-state index in [9.17, 15) is 13.2 Å². The maximum absolute atomic E-state index is 12.8. The molecule has 0 atom stereocenters. The molecule has 1 N–H and O–H groups in total. The monoisotopic (exact) mass is 472 g/mol. The molecule has 0 aromatic carbocycles. The lowest BCUT2D eigenvalue weighted by Crippen LogP contribution is -2.41. The summed E-state index contributed by atoms with van der Waals surface area (Å²) in [6.07, 6.45) is 0.482. The Labute approximate surface area is 163 Å². The highest BCUT2D eigenvalue weighted by Gasteiger charge is 2.34. The molecule has 0 aliphatic heterocycles. The number of hydrogen-bond acceptors (Lipinski definition) is 3. The Morgan fingerprint density at radius 2 is 2.20 bits per heavy atom. The van der Waals surface area contributed by atoms with Crippen LogP contribution >= 0.6 is 24.0 Å².